The molecular formula is C16H22ClN3O2. The van der Waals surface area contributed by atoms with Gasteiger partial charge in [0.1, 0.15) is 11.2 Å². The van der Waals surface area contributed by atoms with E-state index >= 15 is 0 Å². The summed E-state index contributed by atoms with van der Waals surface area (Å²) in [6.45, 7) is 3.00. The minimum atomic E-state index is -0.286. The fraction of sp³-hybridized carbons (Fsp3) is 0.688. The summed E-state index contributed by atoms with van der Waals surface area (Å²) in [6, 6.07) is -0.286. The Morgan fingerprint density at radius 1 is 1.27 bits per heavy atom. The number of anilines is 1. The summed E-state index contributed by atoms with van der Waals surface area (Å²) in [4.78, 5) is 23.4. The van der Waals surface area contributed by atoms with Gasteiger partial charge >= 0.3 is 5.97 Å². The molecule has 22 heavy (non-hydrogen) atoms. The lowest BCUT2D eigenvalue weighted by molar-refractivity contribution is -0.145. The van der Waals surface area contributed by atoms with Crippen molar-refractivity contribution < 1.29 is 9.53 Å². The first kappa shape index (κ1) is 15.5. The lowest BCUT2D eigenvalue weighted by atomic mass is 9.97. The molecule has 6 heteroatoms. The summed E-state index contributed by atoms with van der Waals surface area (Å²) in [5.41, 5.74) is 2.13. The van der Waals surface area contributed by atoms with E-state index in [9.17, 15) is 4.79 Å². The molecule has 1 unspecified atom stereocenters. The molecule has 1 fully saturated rings. The minimum Gasteiger partial charge on any atom is -0.464 e. The number of carbonyl (C=O) groups excluding carboxylic acids is 1. The Labute approximate surface area is 136 Å². The van der Waals surface area contributed by atoms with Crippen molar-refractivity contribution in [3.63, 3.8) is 0 Å². The number of nitrogens with zero attached hydrogens (tertiary/aromatic N) is 3. The summed E-state index contributed by atoms with van der Waals surface area (Å²) >= 11 is 6.36. The van der Waals surface area contributed by atoms with Gasteiger partial charge < -0.3 is 9.64 Å². The third kappa shape index (κ3) is 3.05. The van der Waals surface area contributed by atoms with E-state index in [0.29, 0.717) is 17.7 Å². The van der Waals surface area contributed by atoms with E-state index in [2.05, 4.69) is 4.98 Å². The SMILES string of the molecule is CCOC(=O)C1CCCCN1c1nc(Cl)c2c(n1)CCCC2. The van der Waals surface area contributed by atoms with Crippen LogP contribution >= 0.6 is 11.6 Å². The zero-order valence-electron chi connectivity index (χ0n) is 13.0. The molecule has 1 aromatic rings. The normalized spacial score (nSPS) is 21.4. The Hall–Kier alpha value is -1.36. The highest BCUT2D eigenvalue weighted by atomic mass is 35.5. The summed E-state index contributed by atoms with van der Waals surface area (Å²) in [7, 11) is 0. The third-order valence-electron chi connectivity index (χ3n) is 4.44. The lowest BCUT2D eigenvalue weighted by Crippen LogP contribution is -2.46. The van der Waals surface area contributed by atoms with Crippen LogP contribution in [0, 0.1) is 0 Å². The standard InChI is InChI=1S/C16H22ClN3O2/c1-2-22-15(21)13-9-5-6-10-20(13)16-18-12-8-4-3-7-11(12)14(17)19-16/h13H,2-10H2,1H3. The fourth-order valence-electron chi connectivity index (χ4n) is 3.32. The Bertz CT molecular complexity index is 565. The van der Waals surface area contributed by atoms with Crippen molar-refractivity contribution in [1.29, 1.82) is 0 Å². The average Bonchev–Trinajstić information content (AvgIpc) is 2.55. The number of hydrogen-bond donors (Lipinski definition) is 0. The van der Waals surface area contributed by atoms with Crippen LogP contribution in [0.2, 0.25) is 5.15 Å². The smallest absolute Gasteiger partial charge is 0.328 e. The Kier molecular flexibility index (Phi) is 4.81. The van der Waals surface area contributed by atoms with Gasteiger partial charge in [-0.05, 0) is 51.9 Å². The first-order valence-corrected chi connectivity index (χ1v) is 8.57. The number of carbonyl (C=O) groups is 1. The molecule has 1 aliphatic carbocycles. The van der Waals surface area contributed by atoms with E-state index in [4.69, 9.17) is 21.3 Å². The van der Waals surface area contributed by atoms with Crippen LogP contribution in [0.4, 0.5) is 5.95 Å². The van der Waals surface area contributed by atoms with Crippen LogP contribution in [0.15, 0.2) is 0 Å². The molecule has 5 nitrogen and oxygen atoms in total. The van der Waals surface area contributed by atoms with E-state index in [1.165, 1.54) is 0 Å². The number of aromatic nitrogens is 2. The molecular weight excluding hydrogens is 302 g/mol. The summed E-state index contributed by atoms with van der Waals surface area (Å²) in [5.74, 6) is 0.406. The van der Waals surface area contributed by atoms with Crippen molar-refractivity contribution >= 4 is 23.5 Å². The number of piperidine rings is 1. The van der Waals surface area contributed by atoms with Crippen LogP contribution in [0.25, 0.3) is 0 Å². The second-order valence-electron chi connectivity index (χ2n) is 5.90. The van der Waals surface area contributed by atoms with Crippen LogP contribution < -0.4 is 4.90 Å². The summed E-state index contributed by atoms with van der Waals surface area (Å²) in [6.07, 6.45) is 7.04. The number of ether oxygens (including phenoxy) is 1. The number of hydrogen-bond acceptors (Lipinski definition) is 5. The minimum absolute atomic E-state index is 0.181. The summed E-state index contributed by atoms with van der Waals surface area (Å²) < 4.78 is 5.21. The molecule has 2 aliphatic rings. The topological polar surface area (TPSA) is 55.3 Å². The first-order chi connectivity index (χ1) is 10.7. The van der Waals surface area contributed by atoms with Gasteiger partial charge in [0.15, 0.2) is 0 Å². The van der Waals surface area contributed by atoms with Gasteiger partial charge in [0.05, 0.1) is 12.3 Å². The van der Waals surface area contributed by atoms with E-state index in [-0.39, 0.29) is 12.0 Å². The second-order valence-corrected chi connectivity index (χ2v) is 6.26. The molecule has 2 heterocycles. The number of fused-ring (bicyclic) bond motifs is 1. The lowest BCUT2D eigenvalue weighted by Gasteiger charge is -2.34. The van der Waals surface area contributed by atoms with Gasteiger partial charge in [0.2, 0.25) is 5.95 Å². The number of rotatable bonds is 3. The maximum atomic E-state index is 12.2. The largest absolute Gasteiger partial charge is 0.464 e. The van der Waals surface area contributed by atoms with Crippen LogP contribution in [0.1, 0.15) is 50.3 Å². The number of halogens is 1. The molecule has 120 valence electrons. The molecule has 1 saturated heterocycles. The van der Waals surface area contributed by atoms with Crippen molar-refractivity contribution in [1.82, 2.24) is 9.97 Å². The van der Waals surface area contributed by atoms with Crippen LogP contribution in [0.5, 0.6) is 0 Å². The zero-order chi connectivity index (χ0) is 15.5. The van der Waals surface area contributed by atoms with E-state index in [1.54, 1.807) is 0 Å². The number of aryl methyl sites for hydroxylation is 1. The van der Waals surface area contributed by atoms with Gasteiger partial charge in [-0.25, -0.2) is 14.8 Å². The Balaban J connectivity index is 1.90. The quantitative estimate of drug-likeness (QED) is 0.632. The first-order valence-electron chi connectivity index (χ1n) is 8.19. The number of esters is 1. The van der Waals surface area contributed by atoms with Crippen molar-refractivity contribution in [3.05, 3.63) is 16.4 Å². The molecule has 1 aromatic heterocycles. The van der Waals surface area contributed by atoms with E-state index < -0.39 is 0 Å². The van der Waals surface area contributed by atoms with Crippen LogP contribution in [0.3, 0.4) is 0 Å². The van der Waals surface area contributed by atoms with Gasteiger partial charge in [0.25, 0.3) is 0 Å². The third-order valence-corrected chi connectivity index (χ3v) is 4.75. The maximum absolute atomic E-state index is 12.2. The molecule has 0 spiro atoms. The maximum Gasteiger partial charge on any atom is 0.328 e. The highest BCUT2D eigenvalue weighted by Gasteiger charge is 2.32. The molecule has 1 atom stereocenters. The molecule has 0 bridgehead atoms. The zero-order valence-corrected chi connectivity index (χ0v) is 13.7. The average molecular weight is 324 g/mol. The van der Waals surface area contributed by atoms with Gasteiger partial charge in [-0.15, -0.1) is 0 Å². The second kappa shape index (κ2) is 6.82. The molecule has 3 rings (SSSR count). The van der Waals surface area contributed by atoms with Crippen LogP contribution in [-0.4, -0.2) is 35.1 Å². The fourth-order valence-corrected chi connectivity index (χ4v) is 3.60. The predicted octanol–water partition coefficient (Wildman–Crippen LogP) is 2.93. The highest BCUT2D eigenvalue weighted by Crippen LogP contribution is 2.30. The van der Waals surface area contributed by atoms with Crippen molar-refractivity contribution in [3.8, 4) is 0 Å². The van der Waals surface area contributed by atoms with Crippen LogP contribution in [-0.2, 0) is 22.4 Å². The molecule has 0 radical (unpaired) electrons. The monoisotopic (exact) mass is 323 g/mol. The molecule has 0 N–H and O–H groups in total. The van der Waals surface area contributed by atoms with Gasteiger partial charge in [-0.3, -0.25) is 0 Å². The molecule has 0 amide bonds. The van der Waals surface area contributed by atoms with E-state index in [0.717, 1.165) is 62.7 Å². The predicted molar refractivity (Wildman–Crippen MR) is 85.3 cm³/mol. The van der Waals surface area contributed by atoms with Crippen molar-refractivity contribution in [2.45, 2.75) is 57.9 Å². The van der Waals surface area contributed by atoms with Crippen molar-refractivity contribution in [2.24, 2.45) is 0 Å². The van der Waals surface area contributed by atoms with Crippen molar-refractivity contribution in [2.75, 3.05) is 18.1 Å². The summed E-state index contributed by atoms with van der Waals surface area (Å²) in [5, 5.41) is 0.549. The molecule has 1 aliphatic heterocycles. The Morgan fingerprint density at radius 2 is 2.09 bits per heavy atom. The highest BCUT2D eigenvalue weighted by molar-refractivity contribution is 6.30. The van der Waals surface area contributed by atoms with E-state index in [1.807, 2.05) is 11.8 Å². The van der Waals surface area contributed by atoms with Gasteiger partial charge in [-0.2, -0.15) is 0 Å². The Morgan fingerprint density at radius 3 is 2.91 bits per heavy atom. The molecule has 0 saturated carbocycles. The van der Waals surface area contributed by atoms with Gasteiger partial charge in [-0.1, -0.05) is 11.6 Å². The van der Waals surface area contributed by atoms with Gasteiger partial charge in [0, 0.05) is 12.1 Å². The molecule has 0 aromatic carbocycles.